The third-order valence-electron chi connectivity index (χ3n) is 2.17. The van der Waals surface area contributed by atoms with Gasteiger partial charge in [0.2, 0.25) is 5.78 Å². The van der Waals surface area contributed by atoms with Gasteiger partial charge in [-0.3, -0.25) is 9.59 Å². The first kappa shape index (κ1) is 11.2. The van der Waals surface area contributed by atoms with Crippen LogP contribution in [0.3, 0.4) is 0 Å². The maximum absolute atomic E-state index is 12.1. The summed E-state index contributed by atoms with van der Waals surface area (Å²) in [5, 5.41) is 0. The van der Waals surface area contributed by atoms with Crippen LogP contribution in [-0.4, -0.2) is 11.8 Å². The topological polar surface area (TPSA) is 69.7 Å². The van der Waals surface area contributed by atoms with E-state index >= 15 is 0 Å². The van der Waals surface area contributed by atoms with E-state index in [9.17, 15) is 9.59 Å². The summed E-state index contributed by atoms with van der Waals surface area (Å²) in [4.78, 5) is 23.1. The SMILES string of the molecule is CC(=O)O[C@H](C(=O)c1ccoc1)c1ccoc1. The van der Waals surface area contributed by atoms with Crippen LogP contribution in [0.25, 0.3) is 0 Å². The molecule has 88 valence electrons. The van der Waals surface area contributed by atoms with Crippen molar-refractivity contribution >= 4 is 11.8 Å². The zero-order valence-corrected chi connectivity index (χ0v) is 9.08. The summed E-state index contributed by atoms with van der Waals surface area (Å²) >= 11 is 0. The molecule has 5 heteroatoms. The summed E-state index contributed by atoms with van der Waals surface area (Å²) in [6.07, 6.45) is 4.47. The molecule has 0 aliphatic rings. The van der Waals surface area contributed by atoms with E-state index in [1.54, 1.807) is 6.07 Å². The third kappa shape index (κ3) is 2.44. The van der Waals surface area contributed by atoms with Crippen LogP contribution in [0.15, 0.2) is 46.0 Å². The Kier molecular flexibility index (Phi) is 3.09. The number of carbonyl (C=O) groups is 2. The van der Waals surface area contributed by atoms with Crippen molar-refractivity contribution in [1.82, 2.24) is 0 Å². The number of carbonyl (C=O) groups excluding carboxylic acids is 2. The summed E-state index contributed by atoms with van der Waals surface area (Å²) in [6.45, 7) is 1.25. The zero-order valence-electron chi connectivity index (χ0n) is 9.08. The van der Waals surface area contributed by atoms with E-state index in [4.69, 9.17) is 13.6 Å². The summed E-state index contributed by atoms with van der Waals surface area (Å²) in [5.74, 6) is -0.886. The van der Waals surface area contributed by atoms with Gasteiger partial charge in [-0.2, -0.15) is 0 Å². The van der Waals surface area contributed by atoms with Gasteiger partial charge in [-0.1, -0.05) is 0 Å². The molecule has 0 radical (unpaired) electrons. The molecule has 0 N–H and O–H groups in total. The molecule has 0 aliphatic heterocycles. The average molecular weight is 234 g/mol. The number of ketones is 1. The standard InChI is InChI=1S/C12H10O5/c1-8(13)17-12(10-3-5-16-7-10)11(14)9-2-4-15-6-9/h2-7,12H,1H3/t12-/m0/s1. The molecule has 0 unspecified atom stereocenters. The van der Waals surface area contributed by atoms with Crippen LogP contribution in [0, 0.1) is 0 Å². The summed E-state index contributed by atoms with van der Waals surface area (Å²) in [6, 6.07) is 3.09. The van der Waals surface area contributed by atoms with Crippen molar-refractivity contribution < 1.29 is 23.2 Å². The zero-order chi connectivity index (χ0) is 12.3. The van der Waals surface area contributed by atoms with Gasteiger partial charge >= 0.3 is 5.97 Å². The summed E-state index contributed by atoms with van der Waals surface area (Å²) in [7, 11) is 0. The number of furan rings is 2. The largest absolute Gasteiger partial charge is 0.472 e. The molecule has 0 fully saturated rings. The predicted octanol–water partition coefficient (Wildman–Crippen LogP) is 2.36. The first-order chi connectivity index (χ1) is 8.18. The van der Waals surface area contributed by atoms with Gasteiger partial charge in [0.05, 0.1) is 24.4 Å². The molecular formula is C12H10O5. The minimum atomic E-state index is -0.996. The van der Waals surface area contributed by atoms with E-state index in [2.05, 4.69) is 0 Å². The lowest BCUT2D eigenvalue weighted by molar-refractivity contribution is -0.144. The molecule has 0 saturated carbocycles. The molecule has 2 rings (SSSR count). The summed E-state index contributed by atoms with van der Waals surface area (Å²) in [5.41, 5.74) is 0.837. The second-order valence-corrected chi connectivity index (χ2v) is 3.42. The van der Waals surface area contributed by atoms with Crippen LogP contribution in [0.4, 0.5) is 0 Å². The number of hydrogen-bond acceptors (Lipinski definition) is 5. The second kappa shape index (κ2) is 4.69. The fraction of sp³-hybridized carbons (Fsp3) is 0.167. The molecule has 0 amide bonds. The molecular weight excluding hydrogens is 224 g/mol. The van der Waals surface area contributed by atoms with Crippen LogP contribution in [0.2, 0.25) is 0 Å². The molecule has 17 heavy (non-hydrogen) atoms. The monoisotopic (exact) mass is 234 g/mol. The number of esters is 1. The Balaban J connectivity index is 2.28. The van der Waals surface area contributed by atoms with Crippen LogP contribution in [0.1, 0.15) is 28.9 Å². The number of rotatable bonds is 4. The molecule has 2 aromatic heterocycles. The maximum Gasteiger partial charge on any atom is 0.303 e. The van der Waals surface area contributed by atoms with E-state index in [0.717, 1.165) is 0 Å². The Labute approximate surface area is 97.0 Å². The van der Waals surface area contributed by atoms with Gasteiger partial charge in [-0.05, 0) is 12.1 Å². The van der Waals surface area contributed by atoms with Gasteiger partial charge < -0.3 is 13.6 Å². The normalized spacial score (nSPS) is 12.1. The second-order valence-electron chi connectivity index (χ2n) is 3.42. The van der Waals surface area contributed by atoms with E-state index in [1.165, 1.54) is 38.0 Å². The van der Waals surface area contributed by atoms with Gasteiger partial charge in [-0.15, -0.1) is 0 Å². The Morgan fingerprint density at radius 2 is 1.88 bits per heavy atom. The van der Waals surface area contributed by atoms with E-state index in [0.29, 0.717) is 11.1 Å². The van der Waals surface area contributed by atoms with Crippen molar-refractivity contribution in [3.8, 4) is 0 Å². The molecule has 2 aromatic rings. The molecule has 0 aromatic carbocycles. The number of ether oxygens (including phenoxy) is 1. The fourth-order valence-electron chi connectivity index (χ4n) is 1.42. The molecule has 5 nitrogen and oxygen atoms in total. The van der Waals surface area contributed by atoms with Crippen LogP contribution in [-0.2, 0) is 9.53 Å². The predicted molar refractivity (Wildman–Crippen MR) is 56.3 cm³/mol. The Hall–Kier alpha value is -2.30. The van der Waals surface area contributed by atoms with Gasteiger partial charge in [0, 0.05) is 12.5 Å². The molecule has 2 heterocycles. The lowest BCUT2D eigenvalue weighted by Gasteiger charge is -2.12. The molecule has 1 atom stereocenters. The molecule has 0 spiro atoms. The number of Topliss-reactive ketones (excluding diaryl/α,β-unsaturated/α-hetero) is 1. The minimum Gasteiger partial charge on any atom is -0.472 e. The Morgan fingerprint density at radius 3 is 2.41 bits per heavy atom. The Bertz CT molecular complexity index is 495. The smallest absolute Gasteiger partial charge is 0.303 e. The highest BCUT2D eigenvalue weighted by Gasteiger charge is 2.26. The first-order valence-corrected chi connectivity index (χ1v) is 4.94. The van der Waals surface area contributed by atoms with Crippen molar-refractivity contribution in [3.63, 3.8) is 0 Å². The van der Waals surface area contributed by atoms with E-state index in [1.807, 2.05) is 0 Å². The van der Waals surface area contributed by atoms with E-state index in [-0.39, 0.29) is 5.78 Å². The fourth-order valence-corrected chi connectivity index (χ4v) is 1.42. The van der Waals surface area contributed by atoms with Crippen LogP contribution < -0.4 is 0 Å². The quantitative estimate of drug-likeness (QED) is 0.600. The average Bonchev–Trinajstić information content (AvgIpc) is 2.96. The van der Waals surface area contributed by atoms with Gasteiger partial charge in [0.15, 0.2) is 6.10 Å². The van der Waals surface area contributed by atoms with Crippen LogP contribution >= 0.6 is 0 Å². The number of hydrogen-bond donors (Lipinski definition) is 0. The molecule has 0 saturated heterocycles. The molecule has 0 bridgehead atoms. The van der Waals surface area contributed by atoms with Crippen molar-refractivity contribution in [3.05, 3.63) is 48.3 Å². The highest BCUT2D eigenvalue weighted by molar-refractivity contribution is 6.00. The lowest BCUT2D eigenvalue weighted by Crippen LogP contribution is -2.17. The third-order valence-corrected chi connectivity index (χ3v) is 2.17. The van der Waals surface area contributed by atoms with Crippen molar-refractivity contribution in [2.24, 2.45) is 0 Å². The lowest BCUT2D eigenvalue weighted by atomic mass is 10.0. The summed E-state index contributed by atoms with van der Waals surface area (Å²) < 4.78 is 14.7. The van der Waals surface area contributed by atoms with Gasteiger partial charge in [0.1, 0.15) is 6.26 Å². The maximum atomic E-state index is 12.1. The Morgan fingerprint density at radius 1 is 1.18 bits per heavy atom. The van der Waals surface area contributed by atoms with Crippen molar-refractivity contribution in [2.75, 3.05) is 0 Å². The highest BCUT2D eigenvalue weighted by Crippen LogP contribution is 2.23. The van der Waals surface area contributed by atoms with Gasteiger partial charge in [-0.25, -0.2) is 0 Å². The van der Waals surface area contributed by atoms with E-state index < -0.39 is 12.1 Å². The van der Waals surface area contributed by atoms with Gasteiger partial charge in [0.25, 0.3) is 0 Å². The molecule has 0 aliphatic carbocycles. The van der Waals surface area contributed by atoms with Crippen LogP contribution in [0.5, 0.6) is 0 Å². The minimum absolute atomic E-state index is 0.345. The highest BCUT2D eigenvalue weighted by atomic mass is 16.5. The first-order valence-electron chi connectivity index (χ1n) is 4.94. The van der Waals surface area contributed by atoms with Crippen molar-refractivity contribution in [1.29, 1.82) is 0 Å². The van der Waals surface area contributed by atoms with Crippen molar-refractivity contribution in [2.45, 2.75) is 13.0 Å².